The number of likely N-dealkylation sites (N-methyl/N-ethyl adjacent to an activating group) is 1. The fourth-order valence-corrected chi connectivity index (χ4v) is 4.74. The number of hydrogen-bond donors (Lipinski definition) is 3. The maximum absolute atomic E-state index is 13.6. The van der Waals surface area contributed by atoms with E-state index in [0.29, 0.717) is 37.7 Å². The second kappa shape index (κ2) is 10.9. The maximum atomic E-state index is 13.6. The van der Waals surface area contributed by atoms with Crippen molar-refractivity contribution in [1.29, 1.82) is 0 Å². The summed E-state index contributed by atoms with van der Waals surface area (Å²) in [7, 11) is 1.73. The number of rotatable bonds is 9. The first-order chi connectivity index (χ1) is 17.2. The molecule has 2 aliphatic heterocycles. The third-order valence-corrected chi connectivity index (χ3v) is 6.89. The van der Waals surface area contributed by atoms with Crippen molar-refractivity contribution >= 4 is 23.5 Å². The van der Waals surface area contributed by atoms with Gasteiger partial charge in [0.25, 0.3) is 0 Å². The molecule has 0 saturated carbocycles. The van der Waals surface area contributed by atoms with Gasteiger partial charge in [0, 0.05) is 45.6 Å². The first-order valence-corrected chi connectivity index (χ1v) is 12.4. The van der Waals surface area contributed by atoms with Crippen molar-refractivity contribution in [2.45, 2.75) is 45.3 Å². The Labute approximate surface area is 208 Å². The Morgan fingerprint density at radius 3 is 2.78 bits per heavy atom. The largest absolute Gasteiger partial charge is 0.421 e. The molecule has 4 rings (SSSR count). The number of aromatic nitrogens is 4. The van der Waals surface area contributed by atoms with Crippen LogP contribution >= 0.6 is 0 Å². The molecule has 2 saturated heterocycles. The summed E-state index contributed by atoms with van der Waals surface area (Å²) in [5.74, 6) is 0.224. The summed E-state index contributed by atoms with van der Waals surface area (Å²) in [5.41, 5.74) is 0.449. The molecule has 4 heterocycles. The van der Waals surface area contributed by atoms with Gasteiger partial charge in [-0.2, -0.15) is 23.3 Å². The van der Waals surface area contributed by atoms with E-state index in [1.54, 1.807) is 16.8 Å². The van der Waals surface area contributed by atoms with Gasteiger partial charge in [-0.15, -0.1) is 0 Å². The van der Waals surface area contributed by atoms with Gasteiger partial charge < -0.3 is 25.8 Å². The smallest absolute Gasteiger partial charge is 0.369 e. The van der Waals surface area contributed by atoms with Crippen LogP contribution in [-0.4, -0.2) is 81.9 Å². The molecule has 2 aromatic rings. The predicted octanol–water partition coefficient (Wildman–Crippen LogP) is 3.47. The molecule has 0 aromatic carbocycles. The second-order valence-corrected chi connectivity index (χ2v) is 9.39. The van der Waals surface area contributed by atoms with Crippen molar-refractivity contribution in [3.63, 3.8) is 0 Å². The molecule has 3 N–H and O–H groups in total. The molecule has 10 nitrogen and oxygen atoms in total. The Kier molecular flexibility index (Phi) is 7.86. The summed E-state index contributed by atoms with van der Waals surface area (Å²) >= 11 is 0. The van der Waals surface area contributed by atoms with Crippen LogP contribution < -0.4 is 16.0 Å². The first kappa shape index (κ1) is 26.0. The van der Waals surface area contributed by atoms with Crippen molar-refractivity contribution in [1.82, 2.24) is 34.9 Å². The first-order valence-electron chi connectivity index (χ1n) is 12.4. The number of amides is 2. The maximum Gasteiger partial charge on any atom is 0.421 e. The van der Waals surface area contributed by atoms with Gasteiger partial charge in [0.15, 0.2) is 0 Å². The summed E-state index contributed by atoms with van der Waals surface area (Å²) < 4.78 is 42.7. The van der Waals surface area contributed by atoms with Crippen LogP contribution in [0.4, 0.5) is 35.4 Å². The highest BCUT2D eigenvalue weighted by atomic mass is 19.4. The van der Waals surface area contributed by atoms with Gasteiger partial charge >= 0.3 is 12.2 Å². The van der Waals surface area contributed by atoms with E-state index in [1.165, 1.54) is 0 Å². The summed E-state index contributed by atoms with van der Waals surface area (Å²) in [6, 6.07) is 0.198. The molecule has 36 heavy (non-hydrogen) atoms. The topological polar surface area (TPSA) is 103 Å². The van der Waals surface area contributed by atoms with E-state index >= 15 is 0 Å². The number of nitrogens with zero attached hydrogens (tertiary/aromatic N) is 6. The van der Waals surface area contributed by atoms with E-state index < -0.39 is 11.7 Å². The normalized spacial score (nSPS) is 20.8. The predicted molar refractivity (Wildman–Crippen MR) is 130 cm³/mol. The molecule has 13 heteroatoms. The second-order valence-electron chi connectivity index (χ2n) is 9.39. The van der Waals surface area contributed by atoms with Gasteiger partial charge in [-0.1, -0.05) is 13.3 Å². The van der Waals surface area contributed by atoms with Crippen molar-refractivity contribution in [3.8, 4) is 0 Å². The highest BCUT2D eigenvalue weighted by Gasteiger charge is 2.35. The third kappa shape index (κ3) is 5.82. The Balaban J connectivity index is 1.45. The molecule has 2 atom stereocenters. The van der Waals surface area contributed by atoms with Gasteiger partial charge in [0.2, 0.25) is 5.95 Å². The van der Waals surface area contributed by atoms with Crippen LogP contribution in [0.1, 0.15) is 43.5 Å². The average molecular weight is 510 g/mol. The van der Waals surface area contributed by atoms with Crippen LogP contribution in [-0.2, 0) is 6.18 Å². The van der Waals surface area contributed by atoms with Crippen LogP contribution in [0.25, 0.3) is 0 Å². The zero-order chi connectivity index (χ0) is 25.9. The van der Waals surface area contributed by atoms with Gasteiger partial charge in [0.1, 0.15) is 11.4 Å². The van der Waals surface area contributed by atoms with Gasteiger partial charge in [0.05, 0.1) is 17.4 Å². The number of nitrogens with one attached hydrogen (secondary N) is 3. The van der Waals surface area contributed by atoms with E-state index in [0.717, 1.165) is 37.8 Å². The minimum Gasteiger partial charge on any atom is -0.369 e. The number of hydrogen-bond acceptors (Lipinski definition) is 7. The fraction of sp³-hybridized carbons (Fsp3) is 0.652. The molecule has 0 bridgehead atoms. The van der Waals surface area contributed by atoms with E-state index in [4.69, 9.17) is 0 Å². The molecule has 198 valence electrons. The molecule has 2 aromatic heterocycles. The summed E-state index contributed by atoms with van der Waals surface area (Å²) in [6.07, 6.45) is 0.550. The van der Waals surface area contributed by atoms with E-state index in [9.17, 15) is 18.0 Å². The zero-order valence-corrected chi connectivity index (χ0v) is 20.9. The number of alkyl halides is 3. The number of halogens is 3. The highest BCUT2D eigenvalue weighted by Crippen LogP contribution is 2.34. The molecular weight excluding hydrogens is 475 g/mol. The Hall–Kier alpha value is -3.09. The minimum atomic E-state index is -4.60. The molecule has 0 aliphatic carbocycles. The Bertz CT molecular complexity index is 1060. The Morgan fingerprint density at radius 2 is 2.08 bits per heavy atom. The molecule has 2 unspecified atom stereocenters. The SMILES string of the molecule is CCC1CNCCC1n1cc(Nc2ncc(C(F)(F)F)c(NCCCN3CCN(C)C3=O)n2)c(C)n1. The molecule has 0 radical (unpaired) electrons. The molecule has 2 aliphatic rings. The van der Waals surface area contributed by atoms with Crippen molar-refractivity contribution in [3.05, 3.63) is 23.7 Å². The monoisotopic (exact) mass is 509 g/mol. The molecule has 0 spiro atoms. The lowest BCUT2D eigenvalue weighted by atomic mass is 9.91. The number of aryl methyl sites for hydroxylation is 1. The minimum absolute atomic E-state index is 0.0573. The average Bonchev–Trinajstić information content (AvgIpc) is 3.37. The molecule has 2 amide bonds. The van der Waals surface area contributed by atoms with E-state index in [-0.39, 0.29) is 30.4 Å². The number of anilines is 3. The van der Waals surface area contributed by atoms with Gasteiger partial charge in [-0.25, -0.2) is 9.78 Å². The standard InChI is InChI=1S/C23H34F3N9O/c1-4-16-12-27-8-6-19(16)35-14-18(15(2)32-35)30-21-29-13-17(23(24,25)26)20(31-21)28-7-5-9-34-11-10-33(3)22(34)36/h13-14,16,19,27H,4-12H2,1-3H3,(H2,28,29,30,31). The lowest BCUT2D eigenvalue weighted by molar-refractivity contribution is -0.137. The van der Waals surface area contributed by atoms with Gasteiger partial charge in [-0.3, -0.25) is 4.68 Å². The number of urea groups is 1. The van der Waals surface area contributed by atoms with E-state index in [1.807, 2.05) is 17.8 Å². The number of carbonyl (C=O) groups is 1. The summed E-state index contributed by atoms with van der Waals surface area (Å²) in [4.78, 5) is 23.3. The molecule has 2 fully saturated rings. The number of piperidine rings is 1. The molecular formula is C23H34F3N9O. The van der Waals surface area contributed by atoms with Crippen LogP contribution in [0, 0.1) is 12.8 Å². The highest BCUT2D eigenvalue weighted by molar-refractivity contribution is 5.76. The summed E-state index contributed by atoms with van der Waals surface area (Å²) in [6.45, 7) is 7.82. The lowest BCUT2D eigenvalue weighted by Crippen LogP contribution is -2.37. The third-order valence-electron chi connectivity index (χ3n) is 6.89. The number of carbonyl (C=O) groups excluding carboxylic acids is 1. The van der Waals surface area contributed by atoms with Crippen molar-refractivity contribution in [2.24, 2.45) is 5.92 Å². The van der Waals surface area contributed by atoms with Gasteiger partial charge in [-0.05, 0) is 38.8 Å². The van der Waals surface area contributed by atoms with Crippen LogP contribution in [0.2, 0.25) is 0 Å². The van der Waals surface area contributed by atoms with Crippen molar-refractivity contribution < 1.29 is 18.0 Å². The lowest BCUT2D eigenvalue weighted by Gasteiger charge is -2.31. The van der Waals surface area contributed by atoms with Crippen molar-refractivity contribution in [2.75, 3.05) is 56.9 Å². The fourth-order valence-electron chi connectivity index (χ4n) is 4.74. The summed E-state index contributed by atoms with van der Waals surface area (Å²) in [5, 5.41) is 13.9. The Morgan fingerprint density at radius 1 is 1.28 bits per heavy atom. The quantitative estimate of drug-likeness (QED) is 0.445. The van der Waals surface area contributed by atoms with Crippen LogP contribution in [0.5, 0.6) is 0 Å². The van der Waals surface area contributed by atoms with Crippen LogP contribution in [0.3, 0.4) is 0 Å². The van der Waals surface area contributed by atoms with E-state index in [2.05, 4.69) is 37.9 Å². The van der Waals surface area contributed by atoms with Crippen LogP contribution in [0.15, 0.2) is 12.4 Å². The zero-order valence-electron chi connectivity index (χ0n) is 20.9.